The first-order valence-electron chi connectivity index (χ1n) is 6.14. The first-order chi connectivity index (χ1) is 9.76. The minimum atomic E-state index is 0.419. The monoisotopic (exact) mass is 287 g/mol. The van der Waals surface area contributed by atoms with E-state index in [1.54, 1.807) is 12.4 Å². The second kappa shape index (κ2) is 5.48. The zero-order chi connectivity index (χ0) is 13.9. The quantitative estimate of drug-likeness (QED) is 0.788. The summed E-state index contributed by atoms with van der Waals surface area (Å²) in [6, 6.07) is 3.87. The maximum absolute atomic E-state index is 5.59. The van der Waals surface area contributed by atoms with Gasteiger partial charge in [0.2, 0.25) is 0 Å². The molecule has 0 aliphatic carbocycles. The number of thiazole rings is 1. The van der Waals surface area contributed by atoms with Gasteiger partial charge in [-0.25, -0.2) is 4.98 Å². The molecule has 2 N–H and O–H groups in total. The van der Waals surface area contributed by atoms with E-state index in [1.165, 1.54) is 11.3 Å². The molecule has 0 unspecified atom stereocenters. The van der Waals surface area contributed by atoms with Crippen LogP contribution in [0, 0.1) is 6.92 Å². The maximum Gasteiger partial charge on any atom is 0.269 e. The first kappa shape index (κ1) is 12.9. The molecule has 0 aromatic carbocycles. The van der Waals surface area contributed by atoms with Gasteiger partial charge < -0.3 is 10.3 Å². The average Bonchev–Trinajstić information content (AvgIpc) is 3.06. The van der Waals surface area contributed by atoms with Gasteiger partial charge in [0.1, 0.15) is 9.88 Å². The second-order valence-electron chi connectivity index (χ2n) is 4.28. The normalized spacial score (nSPS) is 10.9. The van der Waals surface area contributed by atoms with Crippen molar-refractivity contribution >= 4 is 11.3 Å². The SMILES string of the molecule is Cc1nc(CN)sc1-c1nc(Cc2cccnc2)no1. The molecule has 3 aromatic rings. The third-order valence-electron chi connectivity index (χ3n) is 2.76. The minimum Gasteiger partial charge on any atom is -0.333 e. The third kappa shape index (κ3) is 2.59. The van der Waals surface area contributed by atoms with E-state index in [0.29, 0.717) is 24.7 Å². The van der Waals surface area contributed by atoms with Crippen molar-refractivity contribution in [1.29, 1.82) is 0 Å². The first-order valence-corrected chi connectivity index (χ1v) is 6.96. The van der Waals surface area contributed by atoms with Crippen LogP contribution in [-0.2, 0) is 13.0 Å². The van der Waals surface area contributed by atoms with Gasteiger partial charge >= 0.3 is 0 Å². The van der Waals surface area contributed by atoms with E-state index < -0.39 is 0 Å². The summed E-state index contributed by atoms with van der Waals surface area (Å²) in [6.07, 6.45) is 4.12. The molecule has 0 aliphatic heterocycles. The Balaban J connectivity index is 1.84. The number of hydrogen-bond donors (Lipinski definition) is 1. The predicted octanol–water partition coefficient (Wildman–Crippen LogP) is 1.95. The van der Waals surface area contributed by atoms with Gasteiger partial charge in [0.15, 0.2) is 5.82 Å². The maximum atomic E-state index is 5.59. The zero-order valence-corrected chi connectivity index (χ0v) is 11.7. The number of pyridine rings is 1. The molecule has 102 valence electrons. The Morgan fingerprint density at radius 2 is 2.25 bits per heavy atom. The molecule has 7 heteroatoms. The summed E-state index contributed by atoms with van der Waals surface area (Å²) >= 11 is 1.49. The van der Waals surface area contributed by atoms with Gasteiger partial charge in [-0.05, 0) is 18.6 Å². The number of hydrogen-bond acceptors (Lipinski definition) is 7. The van der Waals surface area contributed by atoms with Crippen molar-refractivity contribution in [2.24, 2.45) is 5.73 Å². The molecular formula is C13H13N5OS. The Hall–Kier alpha value is -2.12. The standard InChI is InChI=1S/C13H13N5OS/c1-8-12(20-11(6-14)16-8)13-17-10(18-19-13)5-9-3-2-4-15-7-9/h2-4,7H,5-6,14H2,1H3. The van der Waals surface area contributed by atoms with E-state index in [0.717, 1.165) is 21.1 Å². The largest absolute Gasteiger partial charge is 0.333 e. The summed E-state index contributed by atoms with van der Waals surface area (Å²) < 4.78 is 5.31. The Labute approximate surface area is 119 Å². The van der Waals surface area contributed by atoms with Crippen LogP contribution in [-0.4, -0.2) is 20.1 Å². The van der Waals surface area contributed by atoms with Gasteiger partial charge in [0.05, 0.1) is 5.69 Å². The molecule has 0 radical (unpaired) electrons. The van der Waals surface area contributed by atoms with Gasteiger partial charge in [0, 0.05) is 25.4 Å². The van der Waals surface area contributed by atoms with Crippen LogP contribution in [0.4, 0.5) is 0 Å². The van der Waals surface area contributed by atoms with Crippen molar-refractivity contribution in [1.82, 2.24) is 20.1 Å². The summed E-state index contributed by atoms with van der Waals surface area (Å²) in [5.74, 6) is 1.13. The van der Waals surface area contributed by atoms with Crippen molar-refractivity contribution in [3.8, 4) is 10.8 Å². The number of nitrogens with zero attached hydrogens (tertiary/aromatic N) is 4. The lowest BCUT2D eigenvalue weighted by molar-refractivity contribution is 0.424. The average molecular weight is 287 g/mol. The van der Waals surface area contributed by atoms with Gasteiger partial charge in [-0.1, -0.05) is 11.2 Å². The molecule has 0 bridgehead atoms. The summed E-state index contributed by atoms with van der Waals surface area (Å²) in [5, 5.41) is 4.86. The molecule has 3 heterocycles. The molecule has 0 spiro atoms. The highest BCUT2D eigenvalue weighted by Crippen LogP contribution is 2.28. The molecule has 6 nitrogen and oxygen atoms in total. The highest BCUT2D eigenvalue weighted by molar-refractivity contribution is 7.15. The minimum absolute atomic E-state index is 0.419. The van der Waals surface area contributed by atoms with E-state index >= 15 is 0 Å². The molecular weight excluding hydrogens is 274 g/mol. The van der Waals surface area contributed by atoms with E-state index in [1.807, 2.05) is 19.1 Å². The van der Waals surface area contributed by atoms with Gasteiger partial charge in [-0.15, -0.1) is 11.3 Å². The van der Waals surface area contributed by atoms with Crippen molar-refractivity contribution in [2.75, 3.05) is 0 Å². The van der Waals surface area contributed by atoms with Gasteiger partial charge in [0.25, 0.3) is 5.89 Å². The summed E-state index contributed by atoms with van der Waals surface area (Å²) in [5.41, 5.74) is 7.50. The van der Waals surface area contributed by atoms with Crippen LogP contribution >= 0.6 is 11.3 Å². The molecule has 3 aromatic heterocycles. The molecule has 0 aliphatic rings. The van der Waals surface area contributed by atoms with Crippen LogP contribution in [0.25, 0.3) is 10.8 Å². The molecule has 0 saturated carbocycles. The Kier molecular flexibility index (Phi) is 3.53. The molecule has 0 fully saturated rings. The number of nitrogens with two attached hydrogens (primary N) is 1. The lowest BCUT2D eigenvalue weighted by Crippen LogP contribution is -1.94. The second-order valence-corrected chi connectivity index (χ2v) is 5.36. The molecule has 0 atom stereocenters. The third-order valence-corrected chi connectivity index (χ3v) is 3.93. The fourth-order valence-corrected chi connectivity index (χ4v) is 2.71. The van der Waals surface area contributed by atoms with Crippen LogP contribution in [0.15, 0.2) is 29.0 Å². The van der Waals surface area contributed by atoms with Crippen molar-refractivity contribution in [3.05, 3.63) is 46.6 Å². The van der Waals surface area contributed by atoms with E-state index in [2.05, 4.69) is 20.1 Å². The van der Waals surface area contributed by atoms with Crippen LogP contribution in [0.3, 0.4) is 0 Å². The topological polar surface area (TPSA) is 90.7 Å². The Morgan fingerprint density at radius 3 is 2.95 bits per heavy atom. The lowest BCUT2D eigenvalue weighted by atomic mass is 10.2. The fourth-order valence-electron chi connectivity index (χ4n) is 1.84. The van der Waals surface area contributed by atoms with Gasteiger partial charge in [-0.2, -0.15) is 4.98 Å². The smallest absolute Gasteiger partial charge is 0.269 e. The molecule has 0 saturated heterocycles. The molecule has 0 amide bonds. The van der Waals surface area contributed by atoms with E-state index in [4.69, 9.17) is 10.3 Å². The number of aromatic nitrogens is 4. The van der Waals surface area contributed by atoms with E-state index in [9.17, 15) is 0 Å². The number of rotatable bonds is 4. The van der Waals surface area contributed by atoms with Crippen LogP contribution in [0.1, 0.15) is 22.1 Å². The van der Waals surface area contributed by atoms with Crippen LogP contribution in [0.5, 0.6) is 0 Å². The highest BCUT2D eigenvalue weighted by atomic mass is 32.1. The highest BCUT2D eigenvalue weighted by Gasteiger charge is 2.16. The van der Waals surface area contributed by atoms with Crippen LogP contribution in [0.2, 0.25) is 0 Å². The van der Waals surface area contributed by atoms with E-state index in [-0.39, 0.29) is 0 Å². The van der Waals surface area contributed by atoms with Crippen molar-refractivity contribution in [3.63, 3.8) is 0 Å². The molecule has 20 heavy (non-hydrogen) atoms. The number of aryl methyl sites for hydroxylation is 1. The fraction of sp³-hybridized carbons (Fsp3) is 0.231. The zero-order valence-electron chi connectivity index (χ0n) is 10.9. The van der Waals surface area contributed by atoms with Gasteiger partial charge in [-0.3, -0.25) is 4.98 Å². The lowest BCUT2D eigenvalue weighted by Gasteiger charge is -1.93. The summed E-state index contributed by atoms with van der Waals surface area (Å²) in [6.45, 7) is 2.33. The Morgan fingerprint density at radius 1 is 1.35 bits per heavy atom. The Bertz CT molecular complexity index is 707. The summed E-state index contributed by atoms with van der Waals surface area (Å²) in [7, 11) is 0. The summed E-state index contributed by atoms with van der Waals surface area (Å²) in [4.78, 5) is 13.7. The molecule has 3 rings (SSSR count). The predicted molar refractivity (Wildman–Crippen MR) is 75.1 cm³/mol. The van der Waals surface area contributed by atoms with Crippen molar-refractivity contribution < 1.29 is 4.52 Å². The van der Waals surface area contributed by atoms with Crippen LogP contribution < -0.4 is 5.73 Å². The van der Waals surface area contributed by atoms with Crippen molar-refractivity contribution in [2.45, 2.75) is 19.9 Å².